The van der Waals surface area contributed by atoms with Crippen LogP contribution in [0, 0.1) is 5.53 Å². The van der Waals surface area contributed by atoms with Gasteiger partial charge < -0.3 is 0 Å². The van der Waals surface area contributed by atoms with E-state index in [0.717, 1.165) is 0 Å². The highest BCUT2D eigenvalue weighted by atomic mass is 15.3. The van der Waals surface area contributed by atoms with Crippen molar-refractivity contribution in [1.29, 1.82) is 5.53 Å². The van der Waals surface area contributed by atoms with Gasteiger partial charge in [0.15, 0.2) is 0 Å². The summed E-state index contributed by atoms with van der Waals surface area (Å²) in [7, 11) is 0. The van der Waals surface area contributed by atoms with Crippen LogP contribution in [0.5, 0.6) is 0 Å². The van der Waals surface area contributed by atoms with E-state index < -0.39 is 0 Å². The summed E-state index contributed by atoms with van der Waals surface area (Å²) in [6.45, 7) is 22.3. The Morgan fingerprint density at radius 2 is 1.51 bits per heavy atom. The fourth-order valence-corrected chi connectivity index (χ4v) is 2.13. The van der Waals surface area contributed by atoms with Gasteiger partial charge in [0, 0.05) is 0 Å². The average molecular weight is 493 g/mol. The first-order valence-electron chi connectivity index (χ1n) is 10.6. The molecule has 0 fully saturated rings. The lowest BCUT2D eigenvalue weighted by Gasteiger charge is -2.02. The monoisotopic (exact) mass is 492 g/mol. The summed E-state index contributed by atoms with van der Waals surface area (Å²) < 4.78 is 0. The van der Waals surface area contributed by atoms with Crippen molar-refractivity contribution in [3.63, 3.8) is 0 Å². The molecule has 0 aromatic carbocycles. The summed E-state index contributed by atoms with van der Waals surface area (Å²) >= 11 is 0. The number of rotatable bonds is 16. The molecule has 10 nitrogen and oxygen atoms in total. The van der Waals surface area contributed by atoms with Gasteiger partial charge in [-0.15, -0.1) is 5.10 Å². The third-order valence-corrected chi connectivity index (χ3v) is 3.95. The fourth-order valence-electron chi connectivity index (χ4n) is 2.13. The van der Waals surface area contributed by atoms with Crippen molar-refractivity contribution in [1.82, 2.24) is 20.4 Å². The van der Waals surface area contributed by atoms with Crippen LogP contribution in [-0.4, -0.2) is 37.8 Å². The van der Waals surface area contributed by atoms with Crippen LogP contribution in [-0.2, 0) is 0 Å². The largest absolute Gasteiger partial charge is 0.278 e. The summed E-state index contributed by atoms with van der Waals surface area (Å²) in [6, 6.07) is 0. The number of hydrazone groups is 1. The van der Waals surface area contributed by atoms with Gasteiger partial charge in [-0.3, -0.25) is 5.43 Å². The lowest BCUT2D eigenvalue weighted by atomic mass is 10.2. The van der Waals surface area contributed by atoms with Gasteiger partial charge in [-0.2, -0.15) is 25.3 Å². The lowest BCUT2D eigenvalue weighted by Crippen LogP contribution is -2.10. The van der Waals surface area contributed by atoms with Crippen LogP contribution in [0.15, 0.2) is 162 Å². The molecule has 0 unspecified atom stereocenters. The zero-order valence-corrected chi connectivity index (χ0v) is 20.4. The first-order chi connectivity index (χ1) is 18.0. The molecule has 37 heavy (non-hydrogen) atoms. The molecule has 0 spiro atoms. The molecule has 0 atom stereocenters. The second-order valence-electron chi connectivity index (χ2n) is 6.37. The number of aromatic nitrogens is 3. The number of nitrogens with one attached hydrogen (secondary N) is 2. The number of hydrogen-bond acceptors (Lipinski definition) is 10. The van der Waals surface area contributed by atoms with E-state index in [4.69, 9.17) is 5.53 Å². The maximum Gasteiger partial charge on any atom is 0.252 e. The van der Waals surface area contributed by atoms with E-state index >= 15 is 0 Å². The lowest BCUT2D eigenvalue weighted by molar-refractivity contribution is 0.921. The van der Waals surface area contributed by atoms with E-state index in [1.165, 1.54) is 37.0 Å². The number of hydrogen-bond donors (Lipinski definition) is 2. The van der Waals surface area contributed by atoms with Gasteiger partial charge in [-0.05, 0) is 54.7 Å². The van der Waals surface area contributed by atoms with Crippen LogP contribution in [0.4, 0.5) is 5.95 Å². The topological polar surface area (TPSA) is 136 Å². The fraction of sp³-hybridized carbons (Fsp3) is 0. The molecule has 0 aliphatic rings. The molecule has 1 aromatic rings. The van der Waals surface area contributed by atoms with Crippen LogP contribution < -0.4 is 5.43 Å². The highest BCUT2D eigenvalue weighted by molar-refractivity contribution is 6.50. The van der Waals surface area contributed by atoms with E-state index in [1.54, 1.807) is 48.6 Å². The van der Waals surface area contributed by atoms with Crippen LogP contribution in [0.2, 0.25) is 0 Å². The third kappa shape index (κ3) is 11.5. The molecule has 0 aliphatic carbocycles. The molecule has 0 bridgehead atoms. The van der Waals surface area contributed by atoms with Gasteiger partial charge in [0.25, 0.3) is 5.95 Å². The third-order valence-electron chi connectivity index (χ3n) is 3.95. The van der Waals surface area contributed by atoms with Crippen molar-refractivity contribution in [2.45, 2.75) is 0 Å². The minimum atomic E-state index is 0.129. The molecule has 1 aromatic heterocycles. The molecule has 10 heteroatoms. The first kappa shape index (κ1) is 29.5. The molecule has 1 heterocycles. The molecular weight excluding hydrogens is 464 g/mol. The standard InChI is InChI=1S/C27H28N10/c1-7-13-14-15-21(8-2)34-35-22(9-3)16-17-23(10-4)36-37-25(12-6)26(18-24(11-5)33-28)32-27-30-19-29-20-31-27/h7-20,28,34H,1-6H2/b14-13-,17-16?,21-15+,24-18+,32-26?,33-28?,35-22?,36-23?,37-25?. The molecule has 0 saturated heterocycles. The minimum Gasteiger partial charge on any atom is -0.278 e. The minimum absolute atomic E-state index is 0.129. The zero-order chi connectivity index (χ0) is 27.3. The van der Waals surface area contributed by atoms with Crippen molar-refractivity contribution < 1.29 is 0 Å². The number of nitrogens with zero attached hydrogens (tertiary/aromatic N) is 8. The van der Waals surface area contributed by atoms with Crippen molar-refractivity contribution in [2.75, 3.05) is 0 Å². The number of aliphatic imine (C=N–C) groups is 1. The Balaban J connectivity index is 3.33. The Kier molecular flexibility index (Phi) is 14.3. The summed E-state index contributed by atoms with van der Waals surface area (Å²) in [6.07, 6.45) is 22.0. The van der Waals surface area contributed by atoms with E-state index in [9.17, 15) is 0 Å². The van der Waals surface area contributed by atoms with E-state index in [1.807, 2.05) is 0 Å². The van der Waals surface area contributed by atoms with Gasteiger partial charge >= 0.3 is 0 Å². The van der Waals surface area contributed by atoms with E-state index in [-0.39, 0.29) is 23.1 Å². The molecule has 2 N–H and O–H groups in total. The molecule has 0 aliphatic heterocycles. The Morgan fingerprint density at radius 1 is 0.811 bits per heavy atom. The maximum atomic E-state index is 7.29. The second kappa shape index (κ2) is 17.9. The van der Waals surface area contributed by atoms with Crippen molar-refractivity contribution in [3.05, 3.63) is 136 Å². The van der Waals surface area contributed by atoms with Gasteiger partial charge in [0.1, 0.15) is 18.4 Å². The molecule has 186 valence electrons. The summed E-state index contributed by atoms with van der Waals surface area (Å²) in [5.74, 6) is 0.129. The highest BCUT2D eigenvalue weighted by Gasteiger charge is 2.07. The van der Waals surface area contributed by atoms with Crippen LogP contribution >= 0.6 is 0 Å². The quantitative estimate of drug-likeness (QED) is 0.132. The highest BCUT2D eigenvalue weighted by Crippen LogP contribution is 2.07. The molecule has 0 amide bonds. The SMILES string of the molecule is C=C/C=C\C=C(/C=C)NN=C(C=C)C=CC(C=C)=NN=C(C=C)C(/C=C(\C=C)N=N)=Nc1ncncn1. The Labute approximate surface area is 216 Å². The second-order valence-corrected chi connectivity index (χ2v) is 6.37. The maximum absolute atomic E-state index is 7.29. The van der Waals surface area contributed by atoms with Gasteiger partial charge in [-0.1, -0.05) is 57.7 Å². The van der Waals surface area contributed by atoms with Gasteiger partial charge in [0.05, 0.1) is 28.5 Å². The average Bonchev–Trinajstić information content (AvgIpc) is 2.94. The molecule has 0 radical (unpaired) electrons. The smallest absolute Gasteiger partial charge is 0.252 e. The summed E-state index contributed by atoms with van der Waals surface area (Å²) in [4.78, 5) is 16.1. The Morgan fingerprint density at radius 3 is 2.08 bits per heavy atom. The number of allylic oxidation sites excluding steroid dienone is 12. The zero-order valence-electron chi connectivity index (χ0n) is 20.4. The predicted molar refractivity (Wildman–Crippen MR) is 153 cm³/mol. The molecule has 1 rings (SSSR count). The van der Waals surface area contributed by atoms with E-state index in [2.05, 4.69) is 85.3 Å². The first-order valence-corrected chi connectivity index (χ1v) is 10.6. The van der Waals surface area contributed by atoms with Crippen molar-refractivity contribution >= 4 is 28.8 Å². The van der Waals surface area contributed by atoms with Crippen molar-refractivity contribution in [2.24, 2.45) is 25.4 Å². The van der Waals surface area contributed by atoms with Gasteiger partial charge in [-0.25, -0.2) is 15.5 Å². The van der Waals surface area contributed by atoms with Crippen molar-refractivity contribution in [3.8, 4) is 0 Å². The van der Waals surface area contributed by atoms with Crippen LogP contribution in [0.25, 0.3) is 0 Å². The van der Waals surface area contributed by atoms with Crippen LogP contribution in [0.1, 0.15) is 0 Å². The summed E-state index contributed by atoms with van der Waals surface area (Å²) in [5.41, 5.74) is 12.6. The summed E-state index contributed by atoms with van der Waals surface area (Å²) in [5, 5.41) is 16.1. The van der Waals surface area contributed by atoms with Gasteiger partial charge in [0.2, 0.25) is 0 Å². The Hall–Kier alpha value is -5.51. The predicted octanol–water partition coefficient (Wildman–Crippen LogP) is 5.71. The normalized spacial score (nSPS) is 13.8. The van der Waals surface area contributed by atoms with Crippen LogP contribution in [0.3, 0.4) is 0 Å². The van der Waals surface area contributed by atoms with E-state index in [0.29, 0.717) is 17.1 Å². The Bertz CT molecular complexity index is 1240. The molecule has 0 saturated carbocycles. The molecular formula is C27H28N10.